The van der Waals surface area contributed by atoms with E-state index in [1.54, 1.807) is 24.3 Å². The minimum Gasteiger partial charge on any atom is -0.457 e. The summed E-state index contributed by atoms with van der Waals surface area (Å²) in [5.74, 6) is -0.409. The third kappa shape index (κ3) is 3.96. The van der Waals surface area contributed by atoms with E-state index in [4.69, 9.17) is 4.74 Å². The predicted octanol–water partition coefficient (Wildman–Crippen LogP) is 4.24. The fraction of sp³-hybridized carbons (Fsp3) is 0.167. The first-order valence-corrected chi connectivity index (χ1v) is 9.38. The maximum absolute atomic E-state index is 12.8. The monoisotopic (exact) mass is 371 g/mol. The molecule has 3 aromatic carbocycles. The van der Waals surface area contributed by atoms with E-state index in [0.717, 1.165) is 12.0 Å². The van der Waals surface area contributed by atoms with Crippen molar-refractivity contribution in [2.75, 3.05) is 6.54 Å². The van der Waals surface area contributed by atoms with Crippen LogP contribution in [0.4, 0.5) is 0 Å². The molecule has 1 amide bonds. The molecule has 0 N–H and O–H groups in total. The first-order valence-electron chi connectivity index (χ1n) is 9.38. The highest BCUT2D eigenvalue weighted by Gasteiger charge is 2.21. The Kier molecular flexibility index (Phi) is 5.20. The maximum atomic E-state index is 12.8. The molecule has 0 aliphatic carbocycles. The molecule has 0 fully saturated rings. The molecule has 140 valence electrons. The van der Waals surface area contributed by atoms with Crippen molar-refractivity contribution >= 4 is 11.9 Å². The Labute approximate surface area is 164 Å². The lowest BCUT2D eigenvalue weighted by Gasteiger charge is -2.29. The quantitative estimate of drug-likeness (QED) is 0.645. The van der Waals surface area contributed by atoms with Crippen molar-refractivity contribution in [3.05, 3.63) is 107 Å². The van der Waals surface area contributed by atoms with Crippen LogP contribution in [0.1, 0.15) is 37.4 Å². The van der Waals surface area contributed by atoms with E-state index in [2.05, 4.69) is 12.1 Å². The summed E-state index contributed by atoms with van der Waals surface area (Å²) in [5, 5.41) is 0. The van der Waals surface area contributed by atoms with Gasteiger partial charge in [-0.25, -0.2) is 4.79 Å². The number of ether oxygens (including phenoxy) is 1. The zero-order chi connectivity index (χ0) is 19.3. The van der Waals surface area contributed by atoms with Crippen LogP contribution < -0.4 is 0 Å². The molecular formula is C24H21NO3. The van der Waals surface area contributed by atoms with Gasteiger partial charge in [0.25, 0.3) is 5.91 Å². The number of fused-ring (bicyclic) bond motifs is 1. The molecule has 0 saturated heterocycles. The number of rotatable bonds is 4. The molecule has 4 nitrogen and oxygen atoms in total. The van der Waals surface area contributed by atoms with Crippen molar-refractivity contribution in [2.24, 2.45) is 0 Å². The predicted molar refractivity (Wildman–Crippen MR) is 107 cm³/mol. The van der Waals surface area contributed by atoms with Gasteiger partial charge in [0.1, 0.15) is 6.61 Å². The average Bonchev–Trinajstić information content (AvgIpc) is 2.77. The average molecular weight is 371 g/mol. The molecule has 4 heteroatoms. The van der Waals surface area contributed by atoms with Gasteiger partial charge in [0.15, 0.2) is 0 Å². The molecule has 0 unspecified atom stereocenters. The standard InChI is InChI=1S/C24H21NO3/c26-23(25-15-14-19-8-4-5-9-22(19)16-25)20-10-12-21(13-11-20)24(27)28-17-18-6-2-1-3-7-18/h1-13H,14-17H2. The van der Waals surface area contributed by atoms with Crippen LogP contribution in [0.3, 0.4) is 0 Å². The van der Waals surface area contributed by atoms with E-state index in [1.165, 1.54) is 11.1 Å². The third-order valence-corrected chi connectivity index (χ3v) is 5.00. The number of carbonyl (C=O) groups excluding carboxylic acids is 2. The topological polar surface area (TPSA) is 46.6 Å². The Bertz CT molecular complexity index is 980. The number of hydrogen-bond donors (Lipinski definition) is 0. The summed E-state index contributed by atoms with van der Waals surface area (Å²) in [6, 6.07) is 24.5. The van der Waals surface area contributed by atoms with Gasteiger partial charge < -0.3 is 9.64 Å². The molecule has 0 aromatic heterocycles. The van der Waals surface area contributed by atoms with Crippen LogP contribution in [0.5, 0.6) is 0 Å². The zero-order valence-electron chi connectivity index (χ0n) is 15.5. The molecule has 0 atom stereocenters. The molecule has 0 saturated carbocycles. The summed E-state index contributed by atoms with van der Waals surface area (Å²) in [5.41, 5.74) is 4.47. The summed E-state index contributed by atoms with van der Waals surface area (Å²) in [7, 11) is 0. The van der Waals surface area contributed by atoms with Crippen molar-refractivity contribution in [3.63, 3.8) is 0 Å². The lowest BCUT2D eigenvalue weighted by Crippen LogP contribution is -2.35. The van der Waals surface area contributed by atoms with Gasteiger partial charge in [-0.15, -0.1) is 0 Å². The van der Waals surface area contributed by atoms with Gasteiger partial charge in [0.05, 0.1) is 5.56 Å². The second-order valence-electron chi connectivity index (χ2n) is 6.88. The van der Waals surface area contributed by atoms with Crippen LogP contribution >= 0.6 is 0 Å². The molecule has 0 radical (unpaired) electrons. The molecule has 1 aliphatic heterocycles. The summed E-state index contributed by atoms with van der Waals surface area (Å²) < 4.78 is 5.34. The van der Waals surface area contributed by atoms with Gasteiger partial charge in [-0.1, -0.05) is 54.6 Å². The van der Waals surface area contributed by atoms with E-state index < -0.39 is 5.97 Å². The minimum atomic E-state index is -0.394. The largest absolute Gasteiger partial charge is 0.457 e. The molecule has 4 rings (SSSR count). The van der Waals surface area contributed by atoms with Crippen LogP contribution in [0.25, 0.3) is 0 Å². The SMILES string of the molecule is O=C(OCc1ccccc1)c1ccc(C(=O)N2CCc3ccccc3C2)cc1. The van der Waals surface area contributed by atoms with E-state index >= 15 is 0 Å². The lowest BCUT2D eigenvalue weighted by molar-refractivity contribution is 0.0472. The van der Waals surface area contributed by atoms with Crippen LogP contribution in [-0.4, -0.2) is 23.3 Å². The van der Waals surface area contributed by atoms with Crippen LogP contribution in [-0.2, 0) is 24.3 Å². The summed E-state index contributed by atoms with van der Waals surface area (Å²) in [6.45, 7) is 1.56. The summed E-state index contributed by atoms with van der Waals surface area (Å²) in [6.07, 6.45) is 0.867. The van der Waals surface area contributed by atoms with Crippen LogP contribution in [0.2, 0.25) is 0 Å². The molecule has 1 aliphatic rings. The Morgan fingerprint density at radius 2 is 1.43 bits per heavy atom. The van der Waals surface area contributed by atoms with Crippen molar-refractivity contribution in [1.29, 1.82) is 0 Å². The number of benzene rings is 3. The van der Waals surface area contributed by atoms with Crippen LogP contribution in [0, 0.1) is 0 Å². The highest BCUT2D eigenvalue weighted by Crippen LogP contribution is 2.20. The van der Waals surface area contributed by atoms with Crippen molar-refractivity contribution < 1.29 is 14.3 Å². The summed E-state index contributed by atoms with van der Waals surface area (Å²) in [4.78, 5) is 26.9. The number of amides is 1. The second kappa shape index (κ2) is 8.09. The van der Waals surface area contributed by atoms with Gasteiger partial charge >= 0.3 is 5.97 Å². The van der Waals surface area contributed by atoms with Gasteiger partial charge in [0.2, 0.25) is 0 Å². The van der Waals surface area contributed by atoms with Crippen molar-refractivity contribution in [1.82, 2.24) is 4.90 Å². The molecule has 1 heterocycles. The minimum absolute atomic E-state index is 0.0151. The number of nitrogens with zero attached hydrogens (tertiary/aromatic N) is 1. The van der Waals surface area contributed by atoms with Gasteiger partial charge in [-0.3, -0.25) is 4.79 Å². The smallest absolute Gasteiger partial charge is 0.338 e. The van der Waals surface area contributed by atoms with Gasteiger partial charge in [-0.05, 0) is 47.4 Å². The first-order chi connectivity index (χ1) is 13.7. The van der Waals surface area contributed by atoms with E-state index in [9.17, 15) is 9.59 Å². The third-order valence-electron chi connectivity index (χ3n) is 5.00. The second-order valence-corrected chi connectivity index (χ2v) is 6.88. The number of carbonyl (C=O) groups is 2. The van der Waals surface area contributed by atoms with Crippen molar-refractivity contribution in [3.8, 4) is 0 Å². The highest BCUT2D eigenvalue weighted by atomic mass is 16.5. The molecule has 0 spiro atoms. The van der Waals surface area contributed by atoms with Crippen LogP contribution in [0.15, 0.2) is 78.9 Å². The van der Waals surface area contributed by atoms with E-state index in [-0.39, 0.29) is 12.5 Å². The highest BCUT2D eigenvalue weighted by molar-refractivity contribution is 5.96. The van der Waals surface area contributed by atoms with E-state index in [1.807, 2.05) is 47.4 Å². The first kappa shape index (κ1) is 18.0. The van der Waals surface area contributed by atoms with Gasteiger partial charge in [0, 0.05) is 18.7 Å². The summed E-state index contributed by atoms with van der Waals surface area (Å²) >= 11 is 0. The normalized spacial score (nSPS) is 12.9. The fourth-order valence-corrected chi connectivity index (χ4v) is 3.41. The van der Waals surface area contributed by atoms with Crippen molar-refractivity contribution in [2.45, 2.75) is 19.6 Å². The number of esters is 1. The molecule has 0 bridgehead atoms. The lowest BCUT2D eigenvalue weighted by atomic mass is 9.99. The molecule has 28 heavy (non-hydrogen) atoms. The Hall–Kier alpha value is -3.40. The van der Waals surface area contributed by atoms with E-state index in [0.29, 0.717) is 24.2 Å². The fourth-order valence-electron chi connectivity index (χ4n) is 3.41. The Morgan fingerprint density at radius 3 is 2.18 bits per heavy atom. The Morgan fingerprint density at radius 1 is 0.786 bits per heavy atom. The van der Waals surface area contributed by atoms with Gasteiger partial charge in [-0.2, -0.15) is 0 Å². The Balaban J connectivity index is 1.39. The molecule has 3 aromatic rings. The molecular weight excluding hydrogens is 350 g/mol. The maximum Gasteiger partial charge on any atom is 0.338 e. The number of hydrogen-bond acceptors (Lipinski definition) is 3. The zero-order valence-corrected chi connectivity index (χ0v) is 15.5.